The number of nitrogens with two attached hydrogens (primary N) is 1. The van der Waals surface area contributed by atoms with Gasteiger partial charge in [0.15, 0.2) is 0 Å². The smallest absolute Gasteiger partial charge is 0.269 e. The number of nitro groups is 1. The summed E-state index contributed by atoms with van der Waals surface area (Å²) in [6, 6.07) is 5.78. The van der Waals surface area contributed by atoms with Gasteiger partial charge >= 0.3 is 0 Å². The Morgan fingerprint density at radius 2 is 1.95 bits per heavy atom. The van der Waals surface area contributed by atoms with Gasteiger partial charge in [-0.1, -0.05) is 26.0 Å². The molecule has 0 unspecified atom stereocenters. The molecule has 6 nitrogen and oxygen atoms in total. The predicted octanol–water partition coefficient (Wildman–Crippen LogP) is 1.24. The van der Waals surface area contributed by atoms with E-state index in [1.807, 2.05) is 13.8 Å². The lowest BCUT2D eigenvalue weighted by Crippen LogP contribution is -2.44. The van der Waals surface area contributed by atoms with E-state index in [9.17, 15) is 14.9 Å². The molecule has 0 aliphatic rings. The average molecular weight is 265 g/mol. The maximum absolute atomic E-state index is 11.6. The lowest BCUT2D eigenvalue weighted by Gasteiger charge is -2.15. The second-order valence-electron chi connectivity index (χ2n) is 4.73. The summed E-state index contributed by atoms with van der Waals surface area (Å²) in [4.78, 5) is 21.6. The van der Waals surface area contributed by atoms with Crippen molar-refractivity contribution in [3.05, 3.63) is 39.9 Å². The first-order chi connectivity index (χ1) is 8.91. The number of hydrogen-bond acceptors (Lipinski definition) is 4. The predicted molar refractivity (Wildman–Crippen MR) is 72.6 cm³/mol. The molecular weight excluding hydrogens is 246 g/mol. The van der Waals surface area contributed by atoms with E-state index in [0.29, 0.717) is 13.0 Å². The van der Waals surface area contributed by atoms with Gasteiger partial charge in [-0.25, -0.2) is 0 Å². The highest BCUT2D eigenvalue weighted by atomic mass is 16.6. The van der Waals surface area contributed by atoms with Gasteiger partial charge in [0.05, 0.1) is 11.0 Å². The van der Waals surface area contributed by atoms with Crippen molar-refractivity contribution >= 4 is 11.6 Å². The van der Waals surface area contributed by atoms with Gasteiger partial charge in [-0.15, -0.1) is 0 Å². The van der Waals surface area contributed by atoms with Gasteiger partial charge in [-0.2, -0.15) is 0 Å². The van der Waals surface area contributed by atoms with Gasteiger partial charge in [0, 0.05) is 18.7 Å². The standard InChI is InChI=1S/C13H19N3O3/c1-9(2)12(14)13(17)15-8-7-10-3-5-11(6-4-10)16(18)19/h3-6,9,12H,7-8,14H2,1-2H3,(H,15,17)/t12-/m1/s1. The fourth-order valence-electron chi connectivity index (χ4n) is 1.53. The summed E-state index contributed by atoms with van der Waals surface area (Å²) in [5, 5.41) is 13.2. The second-order valence-corrected chi connectivity index (χ2v) is 4.73. The Bertz CT molecular complexity index is 443. The van der Waals surface area contributed by atoms with E-state index < -0.39 is 11.0 Å². The Labute approximate surface area is 112 Å². The molecule has 1 rings (SSSR count). The second kappa shape index (κ2) is 6.84. The highest BCUT2D eigenvalue weighted by molar-refractivity contribution is 5.81. The van der Waals surface area contributed by atoms with E-state index in [0.717, 1.165) is 5.56 Å². The van der Waals surface area contributed by atoms with Gasteiger partial charge in [0.2, 0.25) is 5.91 Å². The van der Waals surface area contributed by atoms with E-state index in [2.05, 4.69) is 5.32 Å². The van der Waals surface area contributed by atoms with E-state index in [1.54, 1.807) is 12.1 Å². The molecule has 0 saturated heterocycles. The Morgan fingerprint density at radius 3 is 2.42 bits per heavy atom. The maximum Gasteiger partial charge on any atom is 0.269 e. The van der Waals surface area contributed by atoms with Gasteiger partial charge in [-0.05, 0) is 17.9 Å². The van der Waals surface area contributed by atoms with Crippen LogP contribution >= 0.6 is 0 Å². The minimum Gasteiger partial charge on any atom is -0.354 e. The molecule has 1 amide bonds. The van der Waals surface area contributed by atoms with Crippen LogP contribution in [0, 0.1) is 16.0 Å². The first-order valence-electron chi connectivity index (χ1n) is 6.18. The summed E-state index contributed by atoms with van der Waals surface area (Å²) >= 11 is 0. The van der Waals surface area contributed by atoms with Crippen molar-refractivity contribution in [3.8, 4) is 0 Å². The van der Waals surface area contributed by atoms with Crippen molar-refractivity contribution in [2.45, 2.75) is 26.3 Å². The molecule has 0 spiro atoms. The number of benzene rings is 1. The van der Waals surface area contributed by atoms with Crippen molar-refractivity contribution in [2.24, 2.45) is 11.7 Å². The molecule has 0 heterocycles. The minimum absolute atomic E-state index is 0.0645. The normalized spacial score (nSPS) is 12.2. The van der Waals surface area contributed by atoms with Crippen molar-refractivity contribution in [2.75, 3.05) is 6.54 Å². The zero-order valence-corrected chi connectivity index (χ0v) is 11.1. The highest BCUT2D eigenvalue weighted by Gasteiger charge is 2.16. The molecule has 0 radical (unpaired) electrons. The molecule has 19 heavy (non-hydrogen) atoms. The minimum atomic E-state index is -0.503. The molecule has 0 bridgehead atoms. The molecule has 0 fully saturated rings. The van der Waals surface area contributed by atoms with Gasteiger partial charge in [-0.3, -0.25) is 14.9 Å². The highest BCUT2D eigenvalue weighted by Crippen LogP contribution is 2.11. The molecule has 1 aromatic rings. The van der Waals surface area contributed by atoms with Crippen molar-refractivity contribution in [1.82, 2.24) is 5.32 Å². The Balaban J connectivity index is 2.41. The van der Waals surface area contributed by atoms with Crippen LogP contribution in [0.25, 0.3) is 0 Å². The number of carbonyl (C=O) groups excluding carboxylic acids is 1. The monoisotopic (exact) mass is 265 g/mol. The largest absolute Gasteiger partial charge is 0.354 e. The van der Waals surface area contributed by atoms with E-state index in [1.165, 1.54) is 12.1 Å². The topological polar surface area (TPSA) is 98.3 Å². The number of carbonyl (C=O) groups is 1. The fraction of sp³-hybridized carbons (Fsp3) is 0.462. The van der Waals surface area contributed by atoms with Crippen LogP contribution in [0.4, 0.5) is 5.69 Å². The fourth-order valence-corrected chi connectivity index (χ4v) is 1.53. The van der Waals surface area contributed by atoms with Crippen molar-refractivity contribution in [3.63, 3.8) is 0 Å². The third-order valence-electron chi connectivity index (χ3n) is 2.88. The van der Waals surface area contributed by atoms with Crippen LogP contribution in [0.3, 0.4) is 0 Å². The molecule has 104 valence electrons. The van der Waals surface area contributed by atoms with Crippen LogP contribution in [-0.2, 0) is 11.2 Å². The van der Waals surface area contributed by atoms with Crippen LogP contribution in [-0.4, -0.2) is 23.4 Å². The van der Waals surface area contributed by atoms with Gasteiger partial charge < -0.3 is 11.1 Å². The lowest BCUT2D eigenvalue weighted by molar-refractivity contribution is -0.384. The summed E-state index contributed by atoms with van der Waals surface area (Å²) in [5.74, 6) is -0.0729. The number of nitro benzene ring substituents is 1. The Morgan fingerprint density at radius 1 is 1.37 bits per heavy atom. The van der Waals surface area contributed by atoms with Gasteiger partial charge in [0.25, 0.3) is 5.69 Å². The summed E-state index contributed by atoms with van der Waals surface area (Å²) in [5.41, 5.74) is 6.70. The van der Waals surface area contributed by atoms with E-state index >= 15 is 0 Å². The average Bonchev–Trinajstić information content (AvgIpc) is 2.38. The maximum atomic E-state index is 11.6. The number of rotatable bonds is 6. The van der Waals surface area contributed by atoms with Crippen LogP contribution < -0.4 is 11.1 Å². The molecule has 0 saturated carbocycles. The number of nitrogens with zero attached hydrogens (tertiary/aromatic N) is 1. The molecule has 1 atom stereocenters. The molecular formula is C13H19N3O3. The number of amides is 1. The van der Waals surface area contributed by atoms with Crippen LogP contribution in [0.1, 0.15) is 19.4 Å². The molecule has 0 aromatic heterocycles. The summed E-state index contributed by atoms with van der Waals surface area (Å²) in [6.45, 7) is 4.25. The van der Waals surface area contributed by atoms with Crippen LogP contribution in [0.2, 0.25) is 0 Å². The Kier molecular flexibility index (Phi) is 5.44. The number of nitrogens with one attached hydrogen (secondary N) is 1. The van der Waals surface area contributed by atoms with E-state index in [-0.39, 0.29) is 17.5 Å². The third-order valence-corrected chi connectivity index (χ3v) is 2.88. The molecule has 6 heteroatoms. The number of non-ortho nitro benzene ring substituents is 1. The van der Waals surface area contributed by atoms with Gasteiger partial charge in [0.1, 0.15) is 0 Å². The first-order valence-corrected chi connectivity index (χ1v) is 6.18. The molecule has 1 aromatic carbocycles. The first kappa shape index (κ1) is 15.1. The summed E-state index contributed by atoms with van der Waals surface area (Å²) in [7, 11) is 0. The third kappa shape index (κ3) is 4.67. The molecule has 3 N–H and O–H groups in total. The lowest BCUT2D eigenvalue weighted by atomic mass is 10.0. The molecule has 0 aliphatic heterocycles. The Hall–Kier alpha value is -1.95. The van der Waals surface area contributed by atoms with Crippen molar-refractivity contribution in [1.29, 1.82) is 0 Å². The molecule has 0 aliphatic carbocycles. The summed E-state index contributed by atoms with van der Waals surface area (Å²) < 4.78 is 0. The quantitative estimate of drug-likeness (QED) is 0.597. The van der Waals surface area contributed by atoms with Crippen LogP contribution in [0.15, 0.2) is 24.3 Å². The summed E-state index contributed by atoms with van der Waals surface area (Å²) in [6.07, 6.45) is 0.620. The van der Waals surface area contributed by atoms with Crippen molar-refractivity contribution < 1.29 is 9.72 Å². The van der Waals surface area contributed by atoms with Crippen LogP contribution in [0.5, 0.6) is 0 Å². The SMILES string of the molecule is CC(C)[C@@H](N)C(=O)NCCc1ccc([N+](=O)[O-])cc1. The van der Waals surface area contributed by atoms with E-state index in [4.69, 9.17) is 5.73 Å². The number of hydrogen-bond donors (Lipinski definition) is 2. The zero-order chi connectivity index (χ0) is 14.4. The zero-order valence-electron chi connectivity index (χ0n) is 11.1.